The third kappa shape index (κ3) is 3.18. The Labute approximate surface area is 121 Å². The molecule has 2 N–H and O–H groups in total. The molecule has 1 amide bonds. The van der Waals surface area contributed by atoms with Crippen LogP contribution >= 0.6 is 12.0 Å². The lowest BCUT2D eigenvalue weighted by Crippen LogP contribution is -2.12. The number of aryl methyl sites for hydroxylation is 1. The predicted molar refractivity (Wildman–Crippen MR) is 78.8 cm³/mol. The molecule has 20 heavy (non-hydrogen) atoms. The van der Waals surface area contributed by atoms with E-state index in [0.29, 0.717) is 33.8 Å². The summed E-state index contributed by atoms with van der Waals surface area (Å²) in [7, 11) is 0. The number of nitrogens with one attached hydrogen (secondary N) is 1. The van der Waals surface area contributed by atoms with Gasteiger partial charge in [-0.05, 0) is 55.3 Å². The molecule has 0 aliphatic heterocycles. The topological polar surface area (TPSA) is 49.3 Å². The van der Waals surface area contributed by atoms with E-state index < -0.39 is 0 Å². The first-order chi connectivity index (χ1) is 9.51. The van der Waals surface area contributed by atoms with Gasteiger partial charge >= 0.3 is 0 Å². The van der Waals surface area contributed by atoms with Crippen LogP contribution in [-0.2, 0) is 0 Å². The maximum atomic E-state index is 13.6. The summed E-state index contributed by atoms with van der Waals surface area (Å²) in [6, 6.07) is 9.58. The Morgan fingerprint density at radius 1 is 1.25 bits per heavy atom. The first kappa shape index (κ1) is 14.6. The fourth-order valence-electron chi connectivity index (χ4n) is 1.79. The molecule has 0 atom stereocenters. The van der Waals surface area contributed by atoms with E-state index in [-0.39, 0.29) is 11.7 Å². The van der Waals surface area contributed by atoms with Crippen LogP contribution in [0.25, 0.3) is 0 Å². The van der Waals surface area contributed by atoms with E-state index in [1.165, 1.54) is 6.07 Å². The molecule has 2 aromatic rings. The SMILES string of the molecule is Cc1cc(NC(=O)c2cccc(SO)c2)cc(F)c1C. The molecule has 0 aliphatic rings. The van der Waals surface area contributed by atoms with Gasteiger partial charge in [0.15, 0.2) is 0 Å². The Bertz CT molecular complexity index is 635. The van der Waals surface area contributed by atoms with Crippen molar-refractivity contribution in [1.29, 1.82) is 0 Å². The van der Waals surface area contributed by atoms with Crippen molar-refractivity contribution in [3.05, 3.63) is 58.9 Å². The van der Waals surface area contributed by atoms with Gasteiger partial charge in [0.1, 0.15) is 5.82 Å². The van der Waals surface area contributed by atoms with Gasteiger partial charge in [-0.3, -0.25) is 4.79 Å². The minimum absolute atomic E-state index is 0.344. The third-order valence-electron chi connectivity index (χ3n) is 3.06. The van der Waals surface area contributed by atoms with Crippen LogP contribution in [0.1, 0.15) is 21.5 Å². The maximum absolute atomic E-state index is 13.6. The number of hydrogen-bond acceptors (Lipinski definition) is 3. The van der Waals surface area contributed by atoms with Crippen molar-refractivity contribution >= 4 is 23.6 Å². The molecule has 104 valence electrons. The summed E-state index contributed by atoms with van der Waals surface area (Å²) >= 11 is 0.574. The molecular weight excluding hydrogens is 277 g/mol. The van der Waals surface area contributed by atoms with Crippen LogP contribution < -0.4 is 5.32 Å². The molecule has 0 fully saturated rings. The van der Waals surface area contributed by atoms with Crippen molar-refractivity contribution in [2.24, 2.45) is 0 Å². The van der Waals surface area contributed by atoms with Crippen molar-refractivity contribution < 1.29 is 13.7 Å². The number of benzene rings is 2. The molecule has 3 nitrogen and oxygen atoms in total. The first-order valence-electron chi connectivity index (χ1n) is 6.01. The normalized spacial score (nSPS) is 10.4. The summed E-state index contributed by atoms with van der Waals surface area (Å²) in [6.45, 7) is 3.48. The van der Waals surface area contributed by atoms with Crippen molar-refractivity contribution in [1.82, 2.24) is 0 Å². The summed E-state index contributed by atoms with van der Waals surface area (Å²) in [5.41, 5.74) is 2.17. The van der Waals surface area contributed by atoms with Crippen LogP contribution in [0.5, 0.6) is 0 Å². The predicted octanol–water partition coefficient (Wildman–Crippen LogP) is 4.26. The largest absolute Gasteiger partial charge is 0.325 e. The Hall–Kier alpha value is -1.85. The summed E-state index contributed by atoms with van der Waals surface area (Å²) < 4.78 is 22.6. The van der Waals surface area contributed by atoms with Crippen molar-refractivity contribution in [2.45, 2.75) is 18.7 Å². The molecule has 0 aliphatic carbocycles. The van der Waals surface area contributed by atoms with Gasteiger partial charge in [-0.25, -0.2) is 4.39 Å². The molecule has 2 aromatic carbocycles. The zero-order chi connectivity index (χ0) is 14.7. The van der Waals surface area contributed by atoms with E-state index in [4.69, 9.17) is 4.55 Å². The molecular formula is C15H14FNO2S. The van der Waals surface area contributed by atoms with Crippen LogP contribution in [0.4, 0.5) is 10.1 Å². The van der Waals surface area contributed by atoms with E-state index in [0.717, 1.165) is 5.56 Å². The van der Waals surface area contributed by atoms with Crippen LogP contribution in [0, 0.1) is 19.7 Å². The lowest BCUT2D eigenvalue weighted by atomic mass is 10.1. The van der Waals surface area contributed by atoms with E-state index >= 15 is 0 Å². The number of carbonyl (C=O) groups excluding carboxylic acids is 1. The average molecular weight is 291 g/mol. The van der Waals surface area contributed by atoms with Crippen molar-refractivity contribution in [3.8, 4) is 0 Å². The highest BCUT2D eigenvalue weighted by atomic mass is 32.2. The smallest absolute Gasteiger partial charge is 0.255 e. The van der Waals surface area contributed by atoms with Gasteiger partial charge in [-0.2, -0.15) is 0 Å². The first-order valence-corrected chi connectivity index (χ1v) is 6.78. The van der Waals surface area contributed by atoms with Crippen molar-refractivity contribution in [3.63, 3.8) is 0 Å². The van der Waals surface area contributed by atoms with Gasteiger partial charge in [0.05, 0.1) is 0 Å². The summed E-state index contributed by atoms with van der Waals surface area (Å²) in [4.78, 5) is 12.6. The Balaban J connectivity index is 2.23. The highest BCUT2D eigenvalue weighted by molar-refractivity contribution is 7.93. The van der Waals surface area contributed by atoms with Gasteiger partial charge in [-0.15, -0.1) is 0 Å². The number of rotatable bonds is 3. The number of hydrogen-bond donors (Lipinski definition) is 2. The second-order valence-corrected chi connectivity index (χ2v) is 5.13. The zero-order valence-electron chi connectivity index (χ0n) is 11.1. The standard InChI is InChI=1S/C15H14FNO2S/c1-9-6-12(8-14(16)10(9)2)17-15(18)11-4-3-5-13(7-11)20-19/h3-8,19H,1-2H3,(H,17,18). The molecule has 0 radical (unpaired) electrons. The number of anilines is 1. The number of amides is 1. The second-order valence-electron chi connectivity index (χ2n) is 4.47. The molecule has 0 saturated heterocycles. The van der Waals surface area contributed by atoms with Crippen LogP contribution in [0.3, 0.4) is 0 Å². The maximum Gasteiger partial charge on any atom is 0.255 e. The lowest BCUT2D eigenvalue weighted by molar-refractivity contribution is 0.102. The summed E-state index contributed by atoms with van der Waals surface area (Å²) in [6.07, 6.45) is 0. The molecule has 0 heterocycles. The quantitative estimate of drug-likeness (QED) is 0.831. The van der Waals surface area contributed by atoms with Crippen LogP contribution in [-0.4, -0.2) is 10.5 Å². The van der Waals surface area contributed by atoms with Gasteiger partial charge in [0, 0.05) is 28.2 Å². The molecule has 2 rings (SSSR count). The monoisotopic (exact) mass is 291 g/mol. The third-order valence-corrected chi connectivity index (χ3v) is 3.53. The Morgan fingerprint density at radius 2 is 2.00 bits per heavy atom. The van der Waals surface area contributed by atoms with Gasteiger partial charge in [-0.1, -0.05) is 6.07 Å². The highest BCUT2D eigenvalue weighted by Crippen LogP contribution is 2.20. The van der Waals surface area contributed by atoms with Crippen LogP contribution in [0.2, 0.25) is 0 Å². The molecule has 0 saturated carbocycles. The van der Waals surface area contributed by atoms with Crippen LogP contribution in [0.15, 0.2) is 41.3 Å². The highest BCUT2D eigenvalue weighted by Gasteiger charge is 2.09. The van der Waals surface area contributed by atoms with Gasteiger partial charge < -0.3 is 9.87 Å². The average Bonchev–Trinajstić information content (AvgIpc) is 2.44. The molecule has 0 aromatic heterocycles. The summed E-state index contributed by atoms with van der Waals surface area (Å²) in [5.74, 6) is -0.691. The molecule has 5 heteroatoms. The number of carbonyl (C=O) groups is 1. The molecule has 0 bridgehead atoms. The Morgan fingerprint density at radius 3 is 2.65 bits per heavy atom. The summed E-state index contributed by atoms with van der Waals surface area (Å²) in [5, 5.41) is 2.65. The minimum Gasteiger partial charge on any atom is -0.325 e. The second kappa shape index (κ2) is 6.07. The number of halogens is 1. The van der Waals surface area contributed by atoms with Crippen molar-refractivity contribution in [2.75, 3.05) is 5.32 Å². The van der Waals surface area contributed by atoms with E-state index in [1.807, 2.05) is 0 Å². The fraction of sp³-hybridized carbons (Fsp3) is 0.133. The lowest BCUT2D eigenvalue weighted by Gasteiger charge is -2.09. The van der Waals surface area contributed by atoms with E-state index in [2.05, 4.69) is 5.32 Å². The van der Waals surface area contributed by atoms with E-state index in [1.54, 1.807) is 44.2 Å². The van der Waals surface area contributed by atoms with E-state index in [9.17, 15) is 9.18 Å². The van der Waals surface area contributed by atoms with Gasteiger partial charge in [0.25, 0.3) is 5.91 Å². The Kier molecular flexibility index (Phi) is 4.42. The van der Waals surface area contributed by atoms with Gasteiger partial charge in [0.2, 0.25) is 0 Å². The zero-order valence-corrected chi connectivity index (χ0v) is 11.9. The minimum atomic E-state index is -0.347. The molecule has 0 unspecified atom stereocenters. The molecule has 0 spiro atoms. The fourth-order valence-corrected chi connectivity index (χ4v) is 2.10.